The lowest BCUT2D eigenvalue weighted by Gasteiger charge is -2.13. The highest BCUT2D eigenvalue weighted by Gasteiger charge is 2.27. The highest BCUT2D eigenvalue weighted by Crippen LogP contribution is 2.30. The Hall–Kier alpha value is -2.55. The maximum atomic E-state index is 11.8. The molecular formula is C22H24O3. The highest BCUT2D eigenvalue weighted by molar-refractivity contribution is 5.96. The van der Waals surface area contributed by atoms with E-state index in [0.717, 1.165) is 41.0 Å². The fourth-order valence-corrected chi connectivity index (χ4v) is 2.73. The van der Waals surface area contributed by atoms with Crippen LogP contribution in [0.2, 0.25) is 0 Å². The number of allylic oxidation sites excluding steroid dienone is 1. The molecule has 3 rings (SSSR count). The van der Waals surface area contributed by atoms with Crippen LogP contribution < -0.4 is 9.47 Å². The van der Waals surface area contributed by atoms with Crippen LogP contribution in [-0.2, 0) is 11.4 Å². The van der Waals surface area contributed by atoms with Gasteiger partial charge in [0.2, 0.25) is 0 Å². The number of benzene rings is 2. The van der Waals surface area contributed by atoms with Gasteiger partial charge < -0.3 is 9.47 Å². The second-order valence-electron chi connectivity index (χ2n) is 6.57. The Balaban J connectivity index is 1.75. The van der Waals surface area contributed by atoms with Crippen molar-refractivity contribution in [1.29, 1.82) is 0 Å². The maximum Gasteiger partial charge on any atom is 0.158 e. The molecule has 25 heavy (non-hydrogen) atoms. The third-order valence-electron chi connectivity index (χ3n) is 4.66. The van der Waals surface area contributed by atoms with E-state index in [0.29, 0.717) is 6.61 Å². The number of methoxy groups -OCH3 is 1. The first kappa shape index (κ1) is 17.3. The second kappa shape index (κ2) is 7.56. The van der Waals surface area contributed by atoms with Gasteiger partial charge in [-0.05, 0) is 67.7 Å². The van der Waals surface area contributed by atoms with Crippen LogP contribution in [0.5, 0.6) is 11.5 Å². The van der Waals surface area contributed by atoms with E-state index in [1.54, 1.807) is 13.2 Å². The smallest absolute Gasteiger partial charge is 0.158 e. The van der Waals surface area contributed by atoms with Crippen LogP contribution in [0.25, 0.3) is 6.08 Å². The van der Waals surface area contributed by atoms with Crippen molar-refractivity contribution in [3.8, 4) is 11.5 Å². The zero-order chi connectivity index (χ0) is 17.8. The lowest BCUT2D eigenvalue weighted by atomic mass is 10.1. The lowest BCUT2D eigenvalue weighted by Crippen LogP contribution is -2.01. The highest BCUT2D eigenvalue weighted by atomic mass is 16.5. The quantitative estimate of drug-likeness (QED) is 0.676. The molecule has 2 aromatic carbocycles. The van der Waals surface area contributed by atoms with Crippen molar-refractivity contribution in [1.82, 2.24) is 0 Å². The molecule has 130 valence electrons. The summed E-state index contributed by atoms with van der Waals surface area (Å²) in [5.41, 5.74) is 4.30. The summed E-state index contributed by atoms with van der Waals surface area (Å²) >= 11 is 0. The fourth-order valence-electron chi connectivity index (χ4n) is 2.73. The van der Waals surface area contributed by atoms with Gasteiger partial charge in [0.25, 0.3) is 0 Å². The average molecular weight is 336 g/mol. The molecule has 0 spiro atoms. The zero-order valence-corrected chi connectivity index (χ0v) is 15.0. The fraction of sp³-hybridized carbons (Fsp3) is 0.318. The van der Waals surface area contributed by atoms with E-state index >= 15 is 0 Å². The predicted molar refractivity (Wildman–Crippen MR) is 100 cm³/mol. The lowest BCUT2D eigenvalue weighted by molar-refractivity contribution is -0.115. The van der Waals surface area contributed by atoms with Crippen LogP contribution in [0.3, 0.4) is 0 Å². The third kappa shape index (κ3) is 4.30. The van der Waals surface area contributed by atoms with Crippen molar-refractivity contribution in [3.63, 3.8) is 0 Å². The van der Waals surface area contributed by atoms with Crippen LogP contribution in [0.15, 0.2) is 42.5 Å². The Morgan fingerprint density at radius 1 is 1.16 bits per heavy atom. The van der Waals surface area contributed by atoms with E-state index in [-0.39, 0.29) is 11.7 Å². The van der Waals surface area contributed by atoms with Gasteiger partial charge in [0.05, 0.1) is 7.11 Å². The summed E-state index contributed by atoms with van der Waals surface area (Å²) in [6, 6.07) is 11.9. The Morgan fingerprint density at radius 2 is 1.96 bits per heavy atom. The van der Waals surface area contributed by atoms with Gasteiger partial charge in [-0.15, -0.1) is 0 Å². The number of carbonyl (C=O) groups is 1. The summed E-state index contributed by atoms with van der Waals surface area (Å²) in [4.78, 5) is 11.8. The molecule has 0 amide bonds. The van der Waals surface area contributed by atoms with Gasteiger partial charge in [0.1, 0.15) is 18.1 Å². The monoisotopic (exact) mass is 336 g/mol. The summed E-state index contributed by atoms with van der Waals surface area (Å²) in [7, 11) is 1.66. The summed E-state index contributed by atoms with van der Waals surface area (Å²) in [5.74, 6) is 2.15. The number of ether oxygens (including phenoxy) is 2. The average Bonchev–Trinajstić information content (AvgIpc) is 3.46. The summed E-state index contributed by atoms with van der Waals surface area (Å²) < 4.78 is 11.4. The molecule has 0 aromatic heterocycles. The minimum Gasteiger partial charge on any atom is -0.496 e. The van der Waals surface area contributed by atoms with Gasteiger partial charge in [-0.3, -0.25) is 4.79 Å². The van der Waals surface area contributed by atoms with E-state index in [9.17, 15) is 4.79 Å². The number of hydrogen-bond donors (Lipinski definition) is 0. The molecule has 0 heterocycles. The molecule has 0 atom stereocenters. The topological polar surface area (TPSA) is 35.5 Å². The van der Waals surface area contributed by atoms with Gasteiger partial charge in [0.15, 0.2) is 5.78 Å². The van der Waals surface area contributed by atoms with Gasteiger partial charge in [-0.1, -0.05) is 24.3 Å². The van der Waals surface area contributed by atoms with E-state index in [1.165, 1.54) is 5.56 Å². The van der Waals surface area contributed by atoms with Gasteiger partial charge in [-0.25, -0.2) is 0 Å². The number of aryl methyl sites for hydroxylation is 1. The van der Waals surface area contributed by atoms with Gasteiger partial charge >= 0.3 is 0 Å². The number of hydrogen-bond acceptors (Lipinski definition) is 3. The second-order valence-corrected chi connectivity index (χ2v) is 6.57. The Bertz CT molecular complexity index is 801. The van der Waals surface area contributed by atoms with E-state index in [1.807, 2.05) is 36.4 Å². The molecule has 0 saturated heterocycles. The first-order chi connectivity index (χ1) is 12.1. The summed E-state index contributed by atoms with van der Waals surface area (Å²) in [6.45, 7) is 4.56. The summed E-state index contributed by atoms with van der Waals surface area (Å²) in [5, 5.41) is 0. The third-order valence-corrected chi connectivity index (χ3v) is 4.66. The van der Waals surface area contributed by atoms with E-state index < -0.39 is 0 Å². The summed E-state index contributed by atoms with van der Waals surface area (Å²) in [6.07, 6.45) is 5.62. The van der Waals surface area contributed by atoms with E-state index in [4.69, 9.17) is 9.47 Å². The van der Waals surface area contributed by atoms with Crippen molar-refractivity contribution in [2.75, 3.05) is 7.11 Å². The van der Waals surface area contributed by atoms with Gasteiger partial charge in [-0.2, -0.15) is 0 Å². The molecule has 2 aromatic rings. The van der Waals surface area contributed by atoms with Crippen LogP contribution in [0.1, 0.15) is 35.1 Å². The normalized spacial score (nSPS) is 13.9. The van der Waals surface area contributed by atoms with Crippen molar-refractivity contribution in [2.45, 2.75) is 33.3 Å². The van der Waals surface area contributed by atoms with E-state index in [2.05, 4.69) is 19.9 Å². The minimum atomic E-state index is 0.226. The maximum absolute atomic E-state index is 11.8. The molecule has 0 bridgehead atoms. The molecule has 0 unspecified atom stereocenters. The predicted octanol–water partition coefficient (Wildman–Crippen LogP) is 4.88. The van der Waals surface area contributed by atoms with Gasteiger partial charge in [0, 0.05) is 11.5 Å². The Labute approximate surface area is 149 Å². The molecule has 3 nitrogen and oxygen atoms in total. The number of ketones is 1. The van der Waals surface area contributed by atoms with Crippen LogP contribution >= 0.6 is 0 Å². The molecular weight excluding hydrogens is 312 g/mol. The number of carbonyl (C=O) groups excluding carboxylic acids is 1. The molecule has 0 radical (unpaired) electrons. The van der Waals surface area contributed by atoms with Crippen molar-refractivity contribution in [2.24, 2.45) is 5.92 Å². The molecule has 1 aliphatic carbocycles. The molecule has 0 N–H and O–H groups in total. The Morgan fingerprint density at radius 3 is 2.68 bits per heavy atom. The molecule has 0 aliphatic heterocycles. The minimum absolute atomic E-state index is 0.226. The first-order valence-corrected chi connectivity index (χ1v) is 8.66. The van der Waals surface area contributed by atoms with Crippen LogP contribution in [0.4, 0.5) is 0 Å². The van der Waals surface area contributed by atoms with Crippen molar-refractivity contribution in [3.05, 3.63) is 64.7 Å². The van der Waals surface area contributed by atoms with Crippen molar-refractivity contribution < 1.29 is 14.3 Å². The first-order valence-electron chi connectivity index (χ1n) is 8.66. The zero-order valence-electron chi connectivity index (χ0n) is 15.0. The molecule has 3 heteroatoms. The molecule has 1 fully saturated rings. The standard InChI is InChI=1S/C22H24O3/c1-15-5-4-6-21(16(15)2)25-14-19-13-17(8-12-22(19)24-3)7-11-20(23)18-9-10-18/h4-8,11-13,18H,9-10,14H2,1-3H3. The molecule has 1 aliphatic rings. The van der Waals surface area contributed by atoms with Crippen molar-refractivity contribution >= 4 is 11.9 Å². The largest absolute Gasteiger partial charge is 0.496 e. The van der Waals surface area contributed by atoms with Crippen LogP contribution in [-0.4, -0.2) is 12.9 Å². The number of rotatable bonds is 7. The SMILES string of the molecule is COc1ccc(C=CC(=O)C2CC2)cc1COc1cccc(C)c1C. The Kier molecular flexibility index (Phi) is 5.22. The van der Waals surface area contributed by atoms with Crippen LogP contribution in [0, 0.1) is 19.8 Å². The molecule has 1 saturated carbocycles.